The Bertz CT molecular complexity index is 216. The third kappa shape index (κ3) is 1.58. The number of aldehydes is 1. The lowest BCUT2D eigenvalue weighted by Crippen LogP contribution is -2.36. The number of allylic oxidation sites excluding steroid dienone is 1. The van der Waals surface area contributed by atoms with Crippen LogP contribution in [0.15, 0.2) is 11.6 Å². The maximum Gasteiger partial charge on any atom is 0.126 e. The van der Waals surface area contributed by atoms with Crippen molar-refractivity contribution in [2.75, 3.05) is 0 Å². The molecule has 0 aromatic carbocycles. The van der Waals surface area contributed by atoms with Gasteiger partial charge >= 0.3 is 0 Å². The first-order chi connectivity index (χ1) is 5.47. The van der Waals surface area contributed by atoms with Gasteiger partial charge in [0, 0.05) is 5.92 Å². The molecule has 2 nitrogen and oxygen atoms in total. The second kappa shape index (κ2) is 3.02. The normalized spacial score (nSPS) is 34.2. The Morgan fingerprint density at radius 3 is 2.67 bits per heavy atom. The van der Waals surface area contributed by atoms with Crippen LogP contribution in [0.3, 0.4) is 0 Å². The van der Waals surface area contributed by atoms with Gasteiger partial charge in [-0.1, -0.05) is 19.9 Å². The SMILES string of the molecule is CC1=CC(C=O)CC(C)(C)C1O. The van der Waals surface area contributed by atoms with Crippen molar-refractivity contribution < 1.29 is 9.90 Å². The van der Waals surface area contributed by atoms with Crippen LogP contribution in [-0.2, 0) is 4.79 Å². The molecule has 1 rings (SSSR count). The van der Waals surface area contributed by atoms with E-state index in [0.29, 0.717) is 0 Å². The van der Waals surface area contributed by atoms with E-state index >= 15 is 0 Å². The van der Waals surface area contributed by atoms with E-state index in [4.69, 9.17) is 0 Å². The average Bonchev–Trinajstić information content (AvgIpc) is 1.99. The van der Waals surface area contributed by atoms with Gasteiger partial charge in [0.25, 0.3) is 0 Å². The second-order valence-electron chi connectivity index (χ2n) is 4.31. The first-order valence-corrected chi connectivity index (χ1v) is 4.29. The predicted octanol–water partition coefficient (Wildman–Crippen LogP) is 1.54. The van der Waals surface area contributed by atoms with Crippen LogP contribution in [0, 0.1) is 11.3 Å². The molecule has 0 aromatic rings. The summed E-state index contributed by atoms with van der Waals surface area (Å²) in [6.45, 7) is 5.86. The number of hydrogen-bond acceptors (Lipinski definition) is 2. The van der Waals surface area contributed by atoms with Gasteiger partial charge in [0.1, 0.15) is 6.29 Å². The Morgan fingerprint density at radius 2 is 2.25 bits per heavy atom. The molecule has 0 aromatic heterocycles. The number of aliphatic hydroxyl groups excluding tert-OH is 1. The van der Waals surface area contributed by atoms with E-state index in [1.807, 2.05) is 26.8 Å². The van der Waals surface area contributed by atoms with Crippen molar-refractivity contribution in [2.24, 2.45) is 11.3 Å². The summed E-state index contributed by atoms with van der Waals surface area (Å²) in [4.78, 5) is 10.6. The van der Waals surface area contributed by atoms with Crippen molar-refractivity contribution in [3.63, 3.8) is 0 Å². The van der Waals surface area contributed by atoms with Crippen LogP contribution in [0.4, 0.5) is 0 Å². The van der Waals surface area contributed by atoms with E-state index in [1.165, 1.54) is 0 Å². The minimum absolute atomic E-state index is 0.0107. The highest BCUT2D eigenvalue weighted by Crippen LogP contribution is 2.37. The predicted molar refractivity (Wildman–Crippen MR) is 47.7 cm³/mol. The van der Waals surface area contributed by atoms with Crippen LogP contribution in [0.5, 0.6) is 0 Å². The van der Waals surface area contributed by atoms with E-state index in [1.54, 1.807) is 0 Å². The van der Waals surface area contributed by atoms with E-state index in [0.717, 1.165) is 18.3 Å². The number of carbonyl (C=O) groups is 1. The molecular formula is C10H16O2. The second-order valence-corrected chi connectivity index (χ2v) is 4.31. The van der Waals surface area contributed by atoms with Gasteiger partial charge in [-0.2, -0.15) is 0 Å². The Balaban J connectivity index is 2.91. The molecule has 0 spiro atoms. The van der Waals surface area contributed by atoms with Gasteiger partial charge in [0.15, 0.2) is 0 Å². The van der Waals surface area contributed by atoms with Crippen molar-refractivity contribution in [2.45, 2.75) is 33.3 Å². The average molecular weight is 168 g/mol. The van der Waals surface area contributed by atoms with E-state index < -0.39 is 6.10 Å². The minimum atomic E-state index is -0.395. The number of aliphatic hydroxyl groups is 1. The summed E-state index contributed by atoms with van der Waals surface area (Å²) in [6.07, 6.45) is 3.17. The van der Waals surface area contributed by atoms with Gasteiger partial charge in [0.05, 0.1) is 6.10 Å². The molecule has 0 radical (unpaired) electrons. The Morgan fingerprint density at radius 1 is 1.67 bits per heavy atom. The van der Waals surface area contributed by atoms with Crippen LogP contribution in [0.2, 0.25) is 0 Å². The molecule has 0 saturated carbocycles. The molecule has 1 aliphatic carbocycles. The molecule has 0 saturated heterocycles. The Labute approximate surface area is 73.3 Å². The number of hydrogen-bond donors (Lipinski definition) is 1. The van der Waals surface area contributed by atoms with E-state index in [2.05, 4.69) is 0 Å². The third-order valence-corrected chi connectivity index (χ3v) is 2.59. The molecule has 12 heavy (non-hydrogen) atoms. The number of carbonyl (C=O) groups excluding carboxylic acids is 1. The van der Waals surface area contributed by atoms with Crippen LogP contribution in [0.1, 0.15) is 27.2 Å². The molecule has 0 fully saturated rings. The molecule has 2 atom stereocenters. The van der Waals surface area contributed by atoms with Crippen molar-refractivity contribution in [1.29, 1.82) is 0 Å². The molecule has 1 aliphatic rings. The molecule has 0 aliphatic heterocycles. The largest absolute Gasteiger partial charge is 0.388 e. The highest BCUT2D eigenvalue weighted by Gasteiger charge is 2.34. The van der Waals surface area contributed by atoms with Crippen molar-refractivity contribution in [3.8, 4) is 0 Å². The smallest absolute Gasteiger partial charge is 0.126 e. The summed E-state index contributed by atoms with van der Waals surface area (Å²) >= 11 is 0. The first-order valence-electron chi connectivity index (χ1n) is 4.29. The summed E-state index contributed by atoms with van der Waals surface area (Å²) in [5.41, 5.74) is 0.757. The highest BCUT2D eigenvalue weighted by atomic mass is 16.3. The monoisotopic (exact) mass is 168 g/mol. The minimum Gasteiger partial charge on any atom is -0.388 e. The van der Waals surface area contributed by atoms with Crippen LogP contribution in [0.25, 0.3) is 0 Å². The zero-order chi connectivity index (χ0) is 9.35. The Kier molecular flexibility index (Phi) is 2.38. The fraction of sp³-hybridized carbons (Fsp3) is 0.700. The molecule has 2 unspecified atom stereocenters. The fourth-order valence-electron chi connectivity index (χ4n) is 1.91. The van der Waals surface area contributed by atoms with Gasteiger partial charge in [-0.15, -0.1) is 0 Å². The summed E-state index contributed by atoms with van der Waals surface area (Å²) in [6, 6.07) is 0. The zero-order valence-corrected chi connectivity index (χ0v) is 7.87. The molecular weight excluding hydrogens is 152 g/mol. The lowest BCUT2D eigenvalue weighted by molar-refractivity contribution is -0.111. The summed E-state index contributed by atoms with van der Waals surface area (Å²) in [5.74, 6) is -0.0107. The maximum atomic E-state index is 10.6. The van der Waals surface area contributed by atoms with Crippen LogP contribution >= 0.6 is 0 Å². The third-order valence-electron chi connectivity index (χ3n) is 2.59. The number of rotatable bonds is 1. The lowest BCUT2D eigenvalue weighted by atomic mass is 9.71. The van der Waals surface area contributed by atoms with Crippen molar-refractivity contribution in [1.82, 2.24) is 0 Å². The summed E-state index contributed by atoms with van der Waals surface area (Å²) in [7, 11) is 0. The van der Waals surface area contributed by atoms with Gasteiger partial charge in [-0.25, -0.2) is 0 Å². The van der Waals surface area contributed by atoms with Crippen LogP contribution < -0.4 is 0 Å². The molecule has 2 heteroatoms. The summed E-state index contributed by atoms with van der Waals surface area (Å²) < 4.78 is 0. The molecule has 0 heterocycles. The first kappa shape index (κ1) is 9.46. The topological polar surface area (TPSA) is 37.3 Å². The van der Waals surface area contributed by atoms with Gasteiger partial charge in [0.2, 0.25) is 0 Å². The van der Waals surface area contributed by atoms with Crippen molar-refractivity contribution in [3.05, 3.63) is 11.6 Å². The fourth-order valence-corrected chi connectivity index (χ4v) is 1.91. The maximum absolute atomic E-state index is 10.6. The molecule has 0 amide bonds. The quantitative estimate of drug-likeness (QED) is 0.476. The lowest BCUT2D eigenvalue weighted by Gasteiger charge is -2.36. The van der Waals surface area contributed by atoms with Crippen LogP contribution in [-0.4, -0.2) is 17.5 Å². The standard InChI is InChI=1S/C10H16O2/c1-7-4-8(6-11)5-10(2,3)9(7)12/h4,6,8-9,12H,5H2,1-3H3. The van der Waals surface area contributed by atoms with E-state index in [-0.39, 0.29) is 11.3 Å². The highest BCUT2D eigenvalue weighted by molar-refractivity contribution is 5.58. The molecule has 0 bridgehead atoms. The molecule has 68 valence electrons. The van der Waals surface area contributed by atoms with Crippen molar-refractivity contribution >= 4 is 6.29 Å². The van der Waals surface area contributed by atoms with Gasteiger partial charge in [-0.3, -0.25) is 0 Å². The Hall–Kier alpha value is -0.630. The molecule has 1 N–H and O–H groups in total. The zero-order valence-electron chi connectivity index (χ0n) is 7.87. The van der Waals surface area contributed by atoms with Gasteiger partial charge in [-0.05, 0) is 24.3 Å². The van der Waals surface area contributed by atoms with Gasteiger partial charge < -0.3 is 9.90 Å². The van der Waals surface area contributed by atoms with E-state index in [9.17, 15) is 9.90 Å². The summed E-state index contributed by atoms with van der Waals surface area (Å²) in [5, 5.41) is 9.73.